The number of aliphatic carboxylic acids is 1. The van der Waals surface area contributed by atoms with E-state index in [0.717, 1.165) is 10.5 Å². The first-order chi connectivity index (χ1) is 12.9. The summed E-state index contributed by atoms with van der Waals surface area (Å²) in [6.45, 7) is -0.300. The molecule has 0 bridgehead atoms. The zero-order valence-electron chi connectivity index (χ0n) is 14.1. The first-order valence-electron chi connectivity index (χ1n) is 8.04. The second-order valence-electron chi connectivity index (χ2n) is 5.98. The number of benzene rings is 1. The van der Waals surface area contributed by atoms with Gasteiger partial charge < -0.3 is 20.9 Å². The van der Waals surface area contributed by atoms with E-state index in [0.29, 0.717) is 0 Å². The fourth-order valence-corrected chi connectivity index (χ4v) is 4.29. The molecule has 1 fully saturated rings. The number of nitrogens with two attached hydrogens (primary N) is 1. The molecule has 0 spiro atoms. The number of carbonyl (C=O) groups excluding carboxylic acids is 3. The maximum Gasteiger partial charge on any atom is 0.404 e. The second-order valence-corrected chi connectivity index (χ2v) is 7.09. The summed E-state index contributed by atoms with van der Waals surface area (Å²) in [4.78, 5) is 48.1. The predicted octanol–water partition coefficient (Wildman–Crippen LogP) is 0.0630. The molecule has 2 aliphatic rings. The van der Waals surface area contributed by atoms with Crippen LogP contribution in [0.3, 0.4) is 0 Å². The minimum atomic E-state index is -1.30. The lowest BCUT2D eigenvalue weighted by molar-refractivity contribution is -0.150. The Morgan fingerprint density at radius 1 is 1.30 bits per heavy atom. The molecular formula is C17H17N3O6S. The van der Waals surface area contributed by atoms with E-state index in [1.54, 1.807) is 12.1 Å². The van der Waals surface area contributed by atoms with Gasteiger partial charge in [-0.1, -0.05) is 30.3 Å². The summed E-state index contributed by atoms with van der Waals surface area (Å²) in [5.41, 5.74) is 5.78. The number of nitrogens with one attached hydrogen (secondary N) is 1. The molecule has 2 atom stereocenters. The molecule has 142 valence electrons. The molecule has 4 N–H and O–H groups in total. The van der Waals surface area contributed by atoms with Crippen LogP contribution in [0, 0.1) is 0 Å². The minimum Gasteiger partial charge on any atom is -0.477 e. The molecule has 1 aromatic carbocycles. The highest BCUT2D eigenvalue weighted by molar-refractivity contribution is 8.00. The van der Waals surface area contributed by atoms with Crippen LogP contribution in [-0.2, 0) is 25.5 Å². The molecule has 1 aromatic rings. The molecular weight excluding hydrogens is 374 g/mol. The first-order valence-corrected chi connectivity index (χ1v) is 9.09. The zero-order chi connectivity index (χ0) is 19.6. The SMILES string of the molecule is NC(=O)OCC1=C(C(=O)O)N2C(=O)[C@@H](NC(=O)Cc3ccccc3)[C@H]2SC1. The van der Waals surface area contributed by atoms with E-state index in [-0.39, 0.29) is 36.0 Å². The fourth-order valence-electron chi connectivity index (χ4n) is 2.96. The van der Waals surface area contributed by atoms with Crippen molar-refractivity contribution in [1.29, 1.82) is 0 Å². The Balaban J connectivity index is 1.68. The Labute approximate surface area is 158 Å². The molecule has 3 rings (SSSR count). The number of fused-ring (bicyclic) bond motifs is 1. The van der Waals surface area contributed by atoms with Crippen LogP contribution >= 0.6 is 11.8 Å². The van der Waals surface area contributed by atoms with Crippen molar-refractivity contribution in [1.82, 2.24) is 10.2 Å². The van der Waals surface area contributed by atoms with E-state index in [2.05, 4.69) is 10.1 Å². The Bertz CT molecular complexity index is 825. The average Bonchev–Trinajstić information content (AvgIpc) is 2.64. The predicted molar refractivity (Wildman–Crippen MR) is 95.4 cm³/mol. The topological polar surface area (TPSA) is 139 Å². The van der Waals surface area contributed by atoms with Gasteiger partial charge in [-0.25, -0.2) is 9.59 Å². The Hall–Kier alpha value is -3.01. The lowest BCUT2D eigenvalue weighted by atomic mass is 10.0. The summed E-state index contributed by atoms with van der Waals surface area (Å²) in [5.74, 6) is -1.88. The number of amides is 3. The fraction of sp³-hybridized carbons (Fsp3) is 0.294. The van der Waals surface area contributed by atoms with Gasteiger partial charge in [0.25, 0.3) is 5.91 Å². The number of thioether (sulfide) groups is 1. The van der Waals surface area contributed by atoms with Crippen molar-refractivity contribution in [2.45, 2.75) is 17.8 Å². The third kappa shape index (κ3) is 3.90. The van der Waals surface area contributed by atoms with E-state index in [1.165, 1.54) is 11.8 Å². The molecule has 10 heteroatoms. The molecule has 1 saturated heterocycles. The third-order valence-corrected chi connectivity index (χ3v) is 5.50. The van der Waals surface area contributed by atoms with E-state index >= 15 is 0 Å². The summed E-state index contributed by atoms with van der Waals surface area (Å²) in [6, 6.07) is 8.29. The monoisotopic (exact) mass is 391 g/mol. The Morgan fingerprint density at radius 3 is 2.63 bits per heavy atom. The van der Waals surface area contributed by atoms with E-state index < -0.39 is 29.4 Å². The van der Waals surface area contributed by atoms with Crippen molar-refractivity contribution in [3.63, 3.8) is 0 Å². The third-order valence-electron chi connectivity index (χ3n) is 4.16. The molecule has 0 unspecified atom stereocenters. The number of carboxylic acids is 1. The van der Waals surface area contributed by atoms with Gasteiger partial charge in [-0.3, -0.25) is 14.5 Å². The number of carboxylic acid groups (broad SMARTS) is 1. The standard InChI is InChI=1S/C17H17N3O6S/c18-17(25)26-7-10-8-27-15-12(14(22)20(15)13(10)16(23)24)19-11(21)6-9-4-2-1-3-5-9/h1-5,12,15H,6-8H2,(H2,18,25)(H,19,21)(H,23,24)/t12-,15-/m1/s1. The number of hydrogen-bond acceptors (Lipinski definition) is 6. The van der Waals surface area contributed by atoms with Gasteiger partial charge in [0.05, 0.1) is 6.42 Å². The highest BCUT2D eigenvalue weighted by Crippen LogP contribution is 2.40. The van der Waals surface area contributed by atoms with Crippen LogP contribution in [0.15, 0.2) is 41.6 Å². The number of rotatable bonds is 6. The summed E-state index contributed by atoms with van der Waals surface area (Å²) in [7, 11) is 0. The highest BCUT2D eigenvalue weighted by atomic mass is 32.2. The van der Waals surface area contributed by atoms with Crippen LogP contribution in [0.25, 0.3) is 0 Å². The summed E-state index contributed by atoms with van der Waals surface area (Å²) >= 11 is 1.29. The van der Waals surface area contributed by atoms with Crippen molar-refractivity contribution in [2.24, 2.45) is 5.73 Å². The van der Waals surface area contributed by atoms with Gasteiger partial charge in [-0.05, 0) is 5.56 Å². The van der Waals surface area contributed by atoms with Crippen LogP contribution in [0.1, 0.15) is 5.56 Å². The average molecular weight is 391 g/mol. The molecule has 27 heavy (non-hydrogen) atoms. The van der Waals surface area contributed by atoms with Gasteiger partial charge in [0.15, 0.2) is 0 Å². The lowest BCUT2D eigenvalue weighted by Crippen LogP contribution is -2.70. The van der Waals surface area contributed by atoms with Gasteiger partial charge in [-0.15, -0.1) is 11.8 Å². The maximum atomic E-state index is 12.5. The van der Waals surface area contributed by atoms with Crippen molar-refractivity contribution < 1.29 is 29.0 Å². The Kier molecular flexibility index (Phi) is 5.36. The number of nitrogens with zero attached hydrogens (tertiary/aromatic N) is 1. The lowest BCUT2D eigenvalue weighted by Gasteiger charge is -2.49. The number of hydrogen-bond donors (Lipinski definition) is 3. The van der Waals surface area contributed by atoms with Crippen LogP contribution in [0.5, 0.6) is 0 Å². The zero-order valence-corrected chi connectivity index (χ0v) is 14.9. The van der Waals surface area contributed by atoms with Crippen LogP contribution < -0.4 is 11.1 Å². The van der Waals surface area contributed by atoms with Gasteiger partial charge in [-0.2, -0.15) is 0 Å². The van der Waals surface area contributed by atoms with E-state index in [9.17, 15) is 24.3 Å². The largest absolute Gasteiger partial charge is 0.477 e. The van der Waals surface area contributed by atoms with Gasteiger partial charge >= 0.3 is 12.1 Å². The van der Waals surface area contributed by atoms with Crippen molar-refractivity contribution in [2.75, 3.05) is 12.4 Å². The first kappa shape index (κ1) is 18.8. The molecule has 2 aliphatic heterocycles. The molecule has 2 heterocycles. The smallest absolute Gasteiger partial charge is 0.404 e. The molecule has 0 aromatic heterocycles. The van der Waals surface area contributed by atoms with Gasteiger partial charge in [0.1, 0.15) is 23.7 Å². The quantitative estimate of drug-likeness (QED) is 0.583. The van der Waals surface area contributed by atoms with Crippen LogP contribution in [0.2, 0.25) is 0 Å². The number of carbonyl (C=O) groups is 4. The summed E-state index contributed by atoms with van der Waals surface area (Å²) in [6.07, 6.45) is -0.901. The normalized spacial score (nSPS) is 21.2. The molecule has 9 nitrogen and oxygen atoms in total. The number of primary amides is 1. The van der Waals surface area contributed by atoms with E-state index in [4.69, 9.17) is 5.73 Å². The summed E-state index contributed by atoms with van der Waals surface area (Å²) in [5, 5.41) is 11.6. The van der Waals surface area contributed by atoms with Crippen LogP contribution in [0.4, 0.5) is 4.79 Å². The Morgan fingerprint density at radius 2 is 2.00 bits per heavy atom. The molecule has 3 amide bonds. The van der Waals surface area contributed by atoms with Crippen LogP contribution in [-0.4, -0.2) is 57.7 Å². The van der Waals surface area contributed by atoms with E-state index in [1.807, 2.05) is 18.2 Å². The van der Waals surface area contributed by atoms with Crippen molar-refractivity contribution in [3.05, 3.63) is 47.2 Å². The minimum absolute atomic E-state index is 0.126. The second kappa shape index (κ2) is 7.70. The van der Waals surface area contributed by atoms with Crippen molar-refractivity contribution in [3.8, 4) is 0 Å². The van der Waals surface area contributed by atoms with Gasteiger partial charge in [0, 0.05) is 11.3 Å². The number of β-lactam (4-membered cyclic amide) rings is 1. The molecule has 0 radical (unpaired) electrons. The highest BCUT2D eigenvalue weighted by Gasteiger charge is 2.54. The summed E-state index contributed by atoms with van der Waals surface area (Å²) < 4.78 is 4.66. The van der Waals surface area contributed by atoms with Crippen molar-refractivity contribution >= 4 is 35.6 Å². The van der Waals surface area contributed by atoms with Gasteiger partial charge in [0.2, 0.25) is 5.91 Å². The molecule has 0 saturated carbocycles. The number of ether oxygens (including phenoxy) is 1. The molecule has 0 aliphatic carbocycles. The maximum absolute atomic E-state index is 12.5.